The molecule has 7 nitrogen and oxygen atoms in total. The van der Waals surface area contributed by atoms with Gasteiger partial charge in [0.05, 0.1) is 30.0 Å². The number of hydrogen-bond acceptors (Lipinski definition) is 5. The number of ether oxygens (including phenoxy) is 1. The number of anilines is 1. The van der Waals surface area contributed by atoms with Gasteiger partial charge in [0.2, 0.25) is 0 Å². The minimum atomic E-state index is -3.97. The molecule has 0 aliphatic heterocycles. The fraction of sp³-hybridized carbons (Fsp3) is 0.120. The van der Waals surface area contributed by atoms with Crippen molar-refractivity contribution in [1.29, 1.82) is 0 Å². The van der Waals surface area contributed by atoms with Crippen LogP contribution < -0.4 is 10.0 Å². The molecule has 4 aromatic rings. The predicted octanol–water partition coefficient (Wildman–Crippen LogP) is 3.98. The van der Waals surface area contributed by atoms with Gasteiger partial charge in [-0.3, -0.25) is 14.5 Å². The Morgan fingerprint density at radius 2 is 1.64 bits per heavy atom. The normalized spacial score (nSPS) is 11.3. The summed E-state index contributed by atoms with van der Waals surface area (Å²) in [5, 5.41) is 3.48. The van der Waals surface area contributed by atoms with Crippen LogP contribution in [0.1, 0.15) is 15.9 Å². The minimum absolute atomic E-state index is 0.0464. The summed E-state index contributed by atoms with van der Waals surface area (Å²) in [6.45, 7) is 1.07. The second-order valence-electron chi connectivity index (χ2n) is 7.28. The number of carbonyl (C=O) groups excluding carboxylic acids is 1. The highest BCUT2D eigenvalue weighted by atomic mass is 32.2. The van der Waals surface area contributed by atoms with E-state index in [1.54, 1.807) is 54.7 Å². The first kappa shape index (κ1) is 22.4. The number of nitrogens with zero attached hydrogens (tertiary/aromatic N) is 1. The molecule has 0 spiro atoms. The third-order valence-corrected chi connectivity index (χ3v) is 6.34. The Hall–Kier alpha value is -3.75. The number of pyridine rings is 1. The zero-order chi connectivity index (χ0) is 23.1. The number of sulfonamides is 1. The second-order valence-corrected chi connectivity index (χ2v) is 8.93. The molecule has 1 amide bonds. The van der Waals surface area contributed by atoms with Crippen molar-refractivity contribution in [3.63, 3.8) is 0 Å². The smallest absolute Gasteiger partial charge is 0.264 e. The first-order chi connectivity index (χ1) is 16.0. The summed E-state index contributed by atoms with van der Waals surface area (Å²) in [5.74, 6) is -0.396. The molecule has 1 aromatic heterocycles. The molecule has 0 saturated carbocycles. The van der Waals surface area contributed by atoms with Gasteiger partial charge in [-0.05, 0) is 29.8 Å². The molecule has 2 N–H and O–H groups in total. The molecular weight excluding hydrogens is 438 g/mol. The molecule has 0 unspecified atom stereocenters. The van der Waals surface area contributed by atoms with Gasteiger partial charge >= 0.3 is 0 Å². The van der Waals surface area contributed by atoms with Crippen LogP contribution in [0.5, 0.6) is 0 Å². The third-order valence-electron chi connectivity index (χ3n) is 4.94. The Labute approximate surface area is 192 Å². The summed E-state index contributed by atoms with van der Waals surface area (Å²) in [4.78, 5) is 17.0. The summed E-state index contributed by atoms with van der Waals surface area (Å²) in [5.41, 5.74) is 1.82. The maximum Gasteiger partial charge on any atom is 0.264 e. The lowest BCUT2D eigenvalue weighted by Crippen LogP contribution is -2.28. The molecule has 0 aliphatic rings. The van der Waals surface area contributed by atoms with Crippen molar-refractivity contribution in [3.8, 4) is 0 Å². The lowest BCUT2D eigenvalue weighted by Gasteiger charge is -2.14. The van der Waals surface area contributed by atoms with Gasteiger partial charge in [0.25, 0.3) is 15.9 Å². The molecule has 33 heavy (non-hydrogen) atoms. The lowest BCUT2D eigenvalue weighted by atomic mass is 10.1. The number of amides is 1. The van der Waals surface area contributed by atoms with Crippen molar-refractivity contribution >= 4 is 32.5 Å². The monoisotopic (exact) mass is 461 g/mol. The molecule has 3 aromatic carbocycles. The number of aromatic nitrogens is 1. The van der Waals surface area contributed by atoms with E-state index >= 15 is 0 Å². The molecule has 0 fully saturated rings. The standard InChI is InChI=1S/C25H23N3O4S/c29-25(27-16-17-32-18-19-8-2-1-3-9-19)21-12-4-5-13-22(21)28-33(30,31)23-14-6-10-20-11-7-15-26-24(20)23/h1-15,28H,16-18H2,(H,27,29). The van der Waals surface area contributed by atoms with Gasteiger partial charge in [0.1, 0.15) is 4.90 Å². The van der Waals surface area contributed by atoms with Gasteiger partial charge in [-0.25, -0.2) is 8.42 Å². The van der Waals surface area contributed by atoms with E-state index in [2.05, 4.69) is 15.0 Å². The van der Waals surface area contributed by atoms with Crippen LogP contribution in [0.3, 0.4) is 0 Å². The molecule has 0 radical (unpaired) electrons. The molecule has 0 bridgehead atoms. The van der Waals surface area contributed by atoms with Crippen molar-refractivity contribution in [2.24, 2.45) is 0 Å². The topological polar surface area (TPSA) is 97.4 Å². The van der Waals surface area contributed by atoms with E-state index in [-0.39, 0.29) is 16.1 Å². The van der Waals surface area contributed by atoms with E-state index in [0.29, 0.717) is 30.7 Å². The highest BCUT2D eigenvalue weighted by Gasteiger charge is 2.21. The van der Waals surface area contributed by atoms with Gasteiger partial charge in [-0.15, -0.1) is 0 Å². The number of rotatable bonds is 9. The predicted molar refractivity (Wildman–Crippen MR) is 127 cm³/mol. The zero-order valence-electron chi connectivity index (χ0n) is 17.8. The van der Waals surface area contributed by atoms with E-state index in [0.717, 1.165) is 5.56 Å². The Bertz CT molecular complexity index is 1350. The molecule has 0 aliphatic carbocycles. The highest BCUT2D eigenvalue weighted by Crippen LogP contribution is 2.25. The summed E-state index contributed by atoms with van der Waals surface area (Å²) >= 11 is 0. The fourth-order valence-electron chi connectivity index (χ4n) is 3.36. The van der Waals surface area contributed by atoms with E-state index < -0.39 is 15.9 Å². The molecule has 168 valence electrons. The molecular formula is C25H23N3O4S. The second kappa shape index (κ2) is 10.2. The van der Waals surface area contributed by atoms with E-state index in [1.165, 1.54) is 6.07 Å². The quantitative estimate of drug-likeness (QED) is 0.368. The van der Waals surface area contributed by atoms with Gasteiger partial charge in [0.15, 0.2) is 0 Å². The van der Waals surface area contributed by atoms with Crippen molar-refractivity contribution in [1.82, 2.24) is 10.3 Å². The van der Waals surface area contributed by atoms with Crippen LogP contribution in [0, 0.1) is 0 Å². The van der Waals surface area contributed by atoms with Gasteiger partial charge < -0.3 is 10.1 Å². The number of carbonyl (C=O) groups is 1. The van der Waals surface area contributed by atoms with Crippen LogP contribution in [0.2, 0.25) is 0 Å². The number of benzene rings is 3. The van der Waals surface area contributed by atoms with Crippen molar-refractivity contribution in [3.05, 3.63) is 102 Å². The molecule has 0 atom stereocenters. The summed E-state index contributed by atoms with van der Waals surface area (Å²) in [7, 11) is -3.97. The maximum absolute atomic E-state index is 13.1. The fourth-order valence-corrected chi connectivity index (χ4v) is 4.62. The number of para-hydroxylation sites is 2. The average molecular weight is 462 g/mol. The summed E-state index contributed by atoms with van der Waals surface area (Å²) in [6, 6.07) is 24.7. The van der Waals surface area contributed by atoms with Crippen LogP contribution in [-0.2, 0) is 21.4 Å². The first-order valence-electron chi connectivity index (χ1n) is 10.4. The summed E-state index contributed by atoms with van der Waals surface area (Å²) in [6.07, 6.45) is 1.54. The maximum atomic E-state index is 13.1. The SMILES string of the molecule is O=C(NCCOCc1ccccc1)c1ccccc1NS(=O)(=O)c1cccc2cccnc12. The van der Waals surface area contributed by atoms with Crippen LogP contribution in [0.4, 0.5) is 5.69 Å². The largest absolute Gasteiger partial charge is 0.375 e. The first-order valence-corrected chi connectivity index (χ1v) is 11.9. The minimum Gasteiger partial charge on any atom is -0.375 e. The van der Waals surface area contributed by atoms with Crippen LogP contribution in [-0.4, -0.2) is 32.5 Å². The van der Waals surface area contributed by atoms with E-state index in [9.17, 15) is 13.2 Å². The molecule has 8 heteroatoms. The summed E-state index contributed by atoms with van der Waals surface area (Å²) < 4.78 is 34.4. The zero-order valence-corrected chi connectivity index (χ0v) is 18.6. The molecule has 1 heterocycles. The highest BCUT2D eigenvalue weighted by molar-refractivity contribution is 7.93. The van der Waals surface area contributed by atoms with Gasteiger partial charge in [-0.1, -0.05) is 60.7 Å². The van der Waals surface area contributed by atoms with Crippen molar-refractivity contribution in [2.45, 2.75) is 11.5 Å². The van der Waals surface area contributed by atoms with Crippen molar-refractivity contribution in [2.75, 3.05) is 17.9 Å². The van der Waals surface area contributed by atoms with Gasteiger partial charge in [0, 0.05) is 18.1 Å². The van der Waals surface area contributed by atoms with Crippen LogP contribution in [0.25, 0.3) is 10.9 Å². The van der Waals surface area contributed by atoms with Crippen LogP contribution in [0.15, 0.2) is 96.0 Å². The number of fused-ring (bicyclic) bond motifs is 1. The average Bonchev–Trinajstić information content (AvgIpc) is 2.84. The molecule has 0 saturated heterocycles. The van der Waals surface area contributed by atoms with E-state index in [1.807, 2.05) is 30.3 Å². The number of nitrogens with one attached hydrogen (secondary N) is 2. The third kappa shape index (κ3) is 5.54. The number of hydrogen-bond donors (Lipinski definition) is 2. The Morgan fingerprint density at radius 3 is 2.48 bits per heavy atom. The van der Waals surface area contributed by atoms with Crippen molar-refractivity contribution < 1.29 is 17.9 Å². The van der Waals surface area contributed by atoms with Crippen LogP contribution >= 0.6 is 0 Å². The molecule has 4 rings (SSSR count). The Morgan fingerprint density at radius 1 is 0.879 bits per heavy atom. The van der Waals surface area contributed by atoms with Gasteiger partial charge in [-0.2, -0.15) is 0 Å². The van der Waals surface area contributed by atoms with E-state index in [4.69, 9.17) is 4.74 Å². The Balaban J connectivity index is 1.43. The lowest BCUT2D eigenvalue weighted by molar-refractivity contribution is 0.0901. The Kier molecular flexibility index (Phi) is 6.97.